The summed E-state index contributed by atoms with van der Waals surface area (Å²) in [4.78, 5) is 0. The molecule has 168 valence electrons. The summed E-state index contributed by atoms with van der Waals surface area (Å²) in [5, 5.41) is 3.77. The number of aromatic nitrogens is 1. The van der Waals surface area contributed by atoms with Crippen molar-refractivity contribution in [3.8, 4) is 0 Å². The van der Waals surface area contributed by atoms with E-state index in [0.717, 1.165) is 53.0 Å². The van der Waals surface area contributed by atoms with Crippen molar-refractivity contribution in [3.05, 3.63) is 46.4 Å². The molecule has 1 aliphatic rings. The summed E-state index contributed by atoms with van der Waals surface area (Å²) >= 11 is 12.6. The van der Waals surface area contributed by atoms with Crippen LogP contribution in [0.5, 0.6) is 0 Å². The van der Waals surface area contributed by atoms with Gasteiger partial charge < -0.3 is 13.6 Å². The van der Waals surface area contributed by atoms with Gasteiger partial charge in [-0.2, -0.15) is 0 Å². The minimum atomic E-state index is -2.97. The van der Waals surface area contributed by atoms with Gasteiger partial charge in [0.05, 0.1) is 19.4 Å². The lowest BCUT2D eigenvalue weighted by molar-refractivity contribution is 0.204. The summed E-state index contributed by atoms with van der Waals surface area (Å²) in [5.41, 5.74) is 2.39. The number of fused-ring (bicyclic) bond motifs is 3. The molecule has 3 aromatic rings. The highest BCUT2D eigenvalue weighted by Crippen LogP contribution is 2.52. The van der Waals surface area contributed by atoms with E-state index in [4.69, 9.17) is 32.2 Å². The minimum absolute atomic E-state index is 0.399. The van der Waals surface area contributed by atoms with Gasteiger partial charge in [0.2, 0.25) is 0 Å². The zero-order valence-electron chi connectivity index (χ0n) is 18.2. The van der Waals surface area contributed by atoms with Crippen molar-refractivity contribution in [1.82, 2.24) is 4.57 Å². The Morgan fingerprint density at radius 2 is 1.35 bits per heavy atom. The van der Waals surface area contributed by atoms with Crippen molar-refractivity contribution >= 4 is 52.6 Å². The Bertz CT molecular complexity index is 1040. The second-order valence-electron chi connectivity index (χ2n) is 8.45. The van der Waals surface area contributed by atoms with E-state index in [-0.39, 0.29) is 0 Å². The van der Waals surface area contributed by atoms with Crippen LogP contribution in [0.15, 0.2) is 36.4 Å². The van der Waals surface area contributed by atoms with Gasteiger partial charge in [-0.3, -0.25) is 4.57 Å². The average molecular weight is 482 g/mol. The quantitative estimate of drug-likeness (QED) is 0.304. The van der Waals surface area contributed by atoms with Crippen LogP contribution in [-0.4, -0.2) is 23.9 Å². The van der Waals surface area contributed by atoms with Crippen molar-refractivity contribution in [2.45, 2.75) is 46.1 Å². The molecule has 7 heteroatoms. The van der Waals surface area contributed by atoms with Crippen LogP contribution < -0.4 is 0 Å². The van der Waals surface area contributed by atoms with Gasteiger partial charge in [-0.1, -0.05) is 23.2 Å². The normalized spacial score (nSPS) is 20.0. The fourth-order valence-corrected chi connectivity index (χ4v) is 7.37. The van der Waals surface area contributed by atoms with E-state index in [9.17, 15) is 4.57 Å². The van der Waals surface area contributed by atoms with Crippen molar-refractivity contribution in [3.63, 3.8) is 0 Å². The highest BCUT2D eigenvalue weighted by Gasteiger charge is 2.31. The van der Waals surface area contributed by atoms with Gasteiger partial charge in [0, 0.05) is 38.4 Å². The molecule has 0 N–H and O–H groups in total. The number of halogens is 2. The van der Waals surface area contributed by atoms with Crippen LogP contribution >= 0.6 is 30.8 Å². The van der Waals surface area contributed by atoms with E-state index in [0.29, 0.717) is 31.2 Å². The smallest absolute Gasteiger partial charge is 0.330 e. The van der Waals surface area contributed by atoms with Crippen LogP contribution in [0.1, 0.15) is 39.5 Å². The van der Waals surface area contributed by atoms with Crippen molar-refractivity contribution in [2.75, 3.05) is 19.4 Å². The molecular formula is C24H30Cl2NO3P. The third kappa shape index (κ3) is 5.15. The third-order valence-electron chi connectivity index (χ3n) is 6.33. The van der Waals surface area contributed by atoms with Crippen molar-refractivity contribution in [2.24, 2.45) is 11.8 Å². The second kappa shape index (κ2) is 9.85. The van der Waals surface area contributed by atoms with Crippen LogP contribution in [0.25, 0.3) is 21.8 Å². The molecule has 1 fully saturated rings. The summed E-state index contributed by atoms with van der Waals surface area (Å²) in [5.74, 6) is 0.982. The van der Waals surface area contributed by atoms with E-state index in [1.54, 1.807) is 0 Å². The maximum Gasteiger partial charge on any atom is 0.330 e. The van der Waals surface area contributed by atoms with Gasteiger partial charge in [0.25, 0.3) is 0 Å². The molecule has 31 heavy (non-hydrogen) atoms. The lowest BCUT2D eigenvalue weighted by atomic mass is 9.83. The number of hydrogen-bond donors (Lipinski definition) is 0. The van der Waals surface area contributed by atoms with Crippen LogP contribution in [0.4, 0.5) is 0 Å². The van der Waals surface area contributed by atoms with E-state index < -0.39 is 7.60 Å². The van der Waals surface area contributed by atoms with Gasteiger partial charge in [-0.15, -0.1) is 0 Å². The van der Waals surface area contributed by atoms with Crippen LogP contribution in [0, 0.1) is 11.8 Å². The first kappa shape index (κ1) is 23.1. The summed E-state index contributed by atoms with van der Waals surface area (Å²) in [6, 6.07) is 12.2. The first-order chi connectivity index (χ1) is 14.9. The predicted octanol–water partition coefficient (Wildman–Crippen LogP) is 8.17. The average Bonchev–Trinajstić information content (AvgIpc) is 3.02. The summed E-state index contributed by atoms with van der Waals surface area (Å²) in [6.45, 7) is 5.55. The summed E-state index contributed by atoms with van der Waals surface area (Å²) < 4.78 is 26.3. The molecular weight excluding hydrogens is 452 g/mol. The fourth-order valence-electron chi connectivity index (χ4n) is 4.95. The second-order valence-corrected chi connectivity index (χ2v) is 11.4. The number of benzene rings is 2. The zero-order valence-corrected chi connectivity index (χ0v) is 20.6. The highest BCUT2D eigenvalue weighted by molar-refractivity contribution is 7.53. The Labute approximate surface area is 194 Å². The SMILES string of the molecule is CCOP(=O)(CC1CCC(Cn2c3ccc(Cl)cc3c3cc(Cl)ccc32)CC1)OCC. The molecule has 1 heterocycles. The van der Waals surface area contributed by atoms with Gasteiger partial charge in [0.15, 0.2) is 0 Å². The van der Waals surface area contributed by atoms with E-state index >= 15 is 0 Å². The Morgan fingerprint density at radius 3 is 1.84 bits per heavy atom. The molecule has 1 aromatic heterocycles. The van der Waals surface area contributed by atoms with Crippen LogP contribution in [-0.2, 0) is 20.2 Å². The number of nitrogens with zero attached hydrogens (tertiary/aromatic N) is 1. The van der Waals surface area contributed by atoms with Crippen LogP contribution in [0.2, 0.25) is 10.0 Å². The lowest BCUT2D eigenvalue weighted by Crippen LogP contribution is -2.21. The maximum atomic E-state index is 12.9. The van der Waals surface area contributed by atoms with Crippen LogP contribution in [0.3, 0.4) is 0 Å². The molecule has 0 saturated heterocycles. The molecule has 0 spiro atoms. The molecule has 0 aliphatic heterocycles. The monoisotopic (exact) mass is 481 g/mol. The van der Waals surface area contributed by atoms with E-state index in [2.05, 4.69) is 16.7 Å². The zero-order chi connectivity index (χ0) is 22.0. The highest BCUT2D eigenvalue weighted by atomic mass is 35.5. The molecule has 1 aliphatic carbocycles. The fraction of sp³-hybridized carbons (Fsp3) is 0.500. The Balaban J connectivity index is 1.50. The van der Waals surface area contributed by atoms with E-state index in [1.165, 1.54) is 11.0 Å². The molecule has 0 atom stereocenters. The molecule has 0 unspecified atom stereocenters. The summed E-state index contributed by atoms with van der Waals surface area (Å²) in [7, 11) is -2.97. The summed E-state index contributed by atoms with van der Waals surface area (Å²) in [6.07, 6.45) is 4.89. The van der Waals surface area contributed by atoms with Crippen molar-refractivity contribution < 1.29 is 13.6 Å². The molecule has 0 bridgehead atoms. The Morgan fingerprint density at radius 1 is 0.871 bits per heavy atom. The standard InChI is InChI=1S/C24H30Cl2NO3P/c1-3-29-31(28,30-4-2)16-18-7-5-17(6-8-18)15-27-23-11-9-19(25)13-21(23)22-14-20(26)10-12-24(22)27/h9-14,17-18H,3-8,15-16H2,1-2H3. The molecule has 1 saturated carbocycles. The van der Waals surface area contributed by atoms with Gasteiger partial charge >= 0.3 is 7.60 Å². The molecule has 2 aromatic carbocycles. The first-order valence-corrected chi connectivity index (χ1v) is 13.7. The maximum absolute atomic E-state index is 12.9. The van der Waals surface area contributed by atoms with E-state index in [1.807, 2.05) is 38.1 Å². The number of rotatable bonds is 8. The minimum Gasteiger partial charge on any atom is -0.340 e. The Hall–Kier alpha value is -1.03. The molecule has 0 amide bonds. The third-order valence-corrected chi connectivity index (χ3v) is 9.07. The topological polar surface area (TPSA) is 40.5 Å². The van der Waals surface area contributed by atoms with Gasteiger partial charge in [-0.25, -0.2) is 0 Å². The molecule has 4 nitrogen and oxygen atoms in total. The predicted molar refractivity (Wildman–Crippen MR) is 131 cm³/mol. The Kier molecular flexibility index (Phi) is 7.35. The molecule has 4 rings (SSSR count). The molecule has 0 radical (unpaired) electrons. The van der Waals surface area contributed by atoms with Gasteiger partial charge in [0.1, 0.15) is 0 Å². The van der Waals surface area contributed by atoms with Crippen molar-refractivity contribution in [1.29, 1.82) is 0 Å². The first-order valence-electron chi connectivity index (χ1n) is 11.2. The largest absolute Gasteiger partial charge is 0.340 e. The van der Waals surface area contributed by atoms with Gasteiger partial charge in [-0.05, 0) is 87.8 Å². The number of hydrogen-bond acceptors (Lipinski definition) is 3. The lowest BCUT2D eigenvalue weighted by Gasteiger charge is -2.31.